The Morgan fingerprint density at radius 3 is 2.78 bits per heavy atom. The van der Waals surface area contributed by atoms with Crippen LogP contribution in [0, 0.1) is 6.92 Å². The van der Waals surface area contributed by atoms with Gasteiger partial charge in [-0.15, -0.1) is 0 Å². The zero-order chi connectivity index (χ0) is 16.0. The number of amides is 1. The van der Waals surface area contributed by atoms with Gasteiger partial charge in [-0.25, -0.2) is 0 Å². The average molecular weight is 303 g/mol. The van der Waals surface area contributed by atoms with Gasteiger partial charge in [-0.2, -0.15) is 0 Å². The molecule has 0 atom stereocenters. The van der Waals surface area contributed by atoms with Crippen molar-refractivity contribution in [2.24, 2.45) is 0 Å². The van der Waals surface area contributed by atoms with Crippen LogP contribution in [0.5, 0.6) is 0 Å². The number of hydrogen-bond donors (Lipinski definition) is 0. The number of rotatable bonds is 1. The average Bonchev–Trinajstić information content (AvgIpc) is 2.97. The number of carbonyl (C=O) groups is 1. The first-order chi connectivity index (χ1) is 11.1. The molecule has 0 N–H and O–H groups in total. The summed E-state index contributed by atoms with van der Waals surface area (Å²) in [6.07, 6.45) is 4.35. The van der Waals surface area contributed by atoms with Crippen molar-refractivity contribution in [2.75, 3.05) is 11.4 Å². The summed E-state index contributed by atoms with van der Waals surface area (Å²) >= 11 is 0. The van der Waals surface area contributed by atoms with Gasteiger partial charge in [0.1, 0.15) is 0 Å². The molecule has 0 aliphatic carbocycles. The molecule has 4 rings (SSSR count). The van der Waals surface area contributed by atoms with Crippen LogP contribution in [-0.4, -0.2) is 22.4 Å². The van der Waals surface area contributed by atoms with Gasteiger partial charge >= 0.3 is 0 Å². The summed E-state index contributed by atoms with van der Waals surface area (Å²) in [4.78, 5) is 22.6. The van der Waals surface area contributed by atoms with E-state index < -0.39 is 0 Å². The summed E-state index contributed by atoms with van der Waals surface area (Å²) in [6.45, 7) is 4.45. The second-order valence-corrected chi connectivity index (χ2v) is 6.00. The third-order valence-electron chi connectivity index (χ3n) is 4.39. The van der Waals surface area contributed by atoms with Crippen LogP contribution in [0.3, 0.4) is 0 Å². The van der Waals surface area contributed by atoms with Crippen LogP contribution in [0.2, 0.25) is 0 Å². The van der Waals surface area contributed by atoms with Crippen LogP contribution in [0.15, 0.2) is 42.7 Å². The van der Waals surface area contributed by atoms with Crippen molar-refractivity contribution in [1.29, 1.82) is 0 Å². The lowest BCUT2D eigenvalue weighted by Crippen LogP contribution is -2.25. The van der Waals surface area contributed by atoms with Gasteiger partial charge in [0.05, 0.1) is 11.0 Å². The summed E-state index contributed by atoms with van der Waals surface area (Å²) in [5, 5.41) is 0. The highest BCUT2D eigenvalue weighted by Gasteiger charge is 2.22. The van der Waals surface area contributed by atoms with Crippen LogP contribution in [-0.2, 0) is 11.2 Å². The summed E-state index contributed by atoms with van der Waals surface area (Å²) in [5.74, 6) is 0.0924. The maximum atomic E-state index is 11.8. The zero-order valence-corrected chi connectivity index (χ0v) is 13.2. The van der Waals surface area contributed by atoms with Crippen LogP contribution in [0.25, 0.3) is 22.2 Å². The Morgan fingerprint density at radius 1 is 1.13 bits per heavy atom. The quantitative estimate of drug-likeness (QED) is 0.691. The van der Waals surface area contributed by atoms with Crippen molar-refractivity contribution < 1.29 is 4.79 Å². The highest BCUT2D eigenvalue weighted by atomic mass is 16.2. The van der Waals surface area contributed by atoms with Crippen LogP contribution < -0.4 is 4.90 Å². The number of hydrogen-bond acceptors (Lipinski definition) is 3. The highest BCUT2D eigenvalue weighted by Crippen LogP contribution is 2.35. The predicted molar refractivity (Wildman–Crippen MR) is 91.4 cm³/mol. The fraction of sp³-hybridized carbons (Fsp3) is 0.211. The second kappa shape index (κ2) is 5.16. The summed E-state index contributed by atoms with van der Waals surface area (Å²) in [6, 6.07) is 10.5. The van der Waals surface area contributed by atoms with Crippen molar-refractivity contribution in [2.45, 2.75) is 20.3 Å². The van der Waals surface area contributed by atoms with Gasteiger partial charge in [-0.05, 0) is 48.2 Å². The van der Waals surface area contributed by atoms with E-state index in [-0.39, 0.29) is 5.91 Å². The number of nitrogens with zero attached hydrogens (tertiary/aromatic N) is 3. The standard InChI is InChI=1S/C19H17N3O/c1-12-9-16(19-17(10-12)20-6-7-21-19)15-4-3-14-5-8-22(13(2)23)18(14)11-15/h3-4,6-7,9-11H,5,8H2,1-2H3. The van der Waals surface area contributed by atoms with Crippen molar-refractivity contribution in [3.63, 3.8) is 0 Å². The SMILES string of the molecule is CC(=O)N1CCc2ccc(-c3cc(C)cc4nccnc34)cc21. The Hall–Kier alpha value is -2.75. The van der Waals surface area contributed by atoms with Gasteiger partial charge in [-0.3, -0.25) is 14.8 Å². The molecule has 114 valence electrons. The minimum absolute atomic E-state index is 0.0924. The molecule has 3 aromatic rings. The van der Waals surface area contributed by atoms with Crippen molar-refractivity contribution in [1.82, 2.24) is 9.97 Å². The molecule has 1 aliphatic heterocycles. The number of benzene rings is 2. The molecule has 0 saturated carbocycles. The normalized spacial score (nSPS) is 13.4. The molecule has 0 spiro atoms. The Labute approximate surface area is 134 Å². The predicted octanol–water partition coefficient (Wildman–Crippen LogP) is 3.51. The topological polar surface area (TPSA) is 46.1 Å². The molecule has 4 heteroatoms. The van der Waals surface area contributed by atoms with Crippen molar-refractivity contribution >= 4 is 22.6 Å². The Morgan fingerprint density at radius 2 is 1.96 bits per heavy atom. The number of aromatic nitrogens is 2. The van der Waals surface area contributed by atoms with E-state index in [4.69, 9.17) is 0 Å². The summed E-state index contributed by atoms with van der Waals surface area (Å²) < 4.78 is 0. The number of fused-ring (bicyclic) bond motifs is 2. The first kappa shape index (κ1) is 13.9. The molecule has 0 bridgehead atoms. The van der Waals surface area contributed by atoms with E-state index in [1.807, 2.05) is 11.0 Å². The van der Waals surface area contributed by atoms with Crippen LogP contribution >= 0.6 is 0 Å². The third kappa shape index (κ3) is 2.27. The lowest BCUT2D eigenvalue weighted by atomic mass is 9.99. The van der Waals surface area contributed by atoms with E-state index in [1.54, 1.807) is 19.3 Å². The molecule has 2 aromatic carbocycles. The maximum Gasteiger partial charge on any atom is 0.223 e. The van der Waals surface area contributed by atoms with Gasteiger partial charge in [0.2, 0.25) is 5.91 Å². The molecule has 1 aromatic heterocycles. The molecule has 2 heterocycles. The minimum Gasteiger partial charge on any atom is -0.312 e. The Balaban J connectivity index is 1.93. The van der Waals surface area contributed by atoms with Gasteiger partial charge in [0, 0.05) is 37.1 Å². The lowest BCUT2D eigenvalue weighted by Gasteiger charge is -2.16. The fourth-order valence-corrected chi connectivity index (χ4v) is 3.31. The molecule has 4 nitrogen and oxygen atoms in total. The van der Waals surface area contributed by atoms with Gasteiger partial charge in [0.15, 0.2) is 0 Å². The second-order valence-electron chi connectivity index (χ2n) is 6.00. The molecule has 1 aliphatic rings. The van der Waals surface area contributed by atoms with Gasteiger partial charge < -0.3 is 4.90 Å². The largest absolute Gasteiger partial charge is 0.312 e. The molecule has 0 radical (unpaired) electrons. The van der Waals surface area contributed by atoms with E-state index in [9.17, 15) is 4.79 Å². The van der Waals surface area contributed by atoms with E-state index in [1.165, 1.54) is 5.56 Å². The lowest BCUT2D eigenvalue weighted by molar-refractivity contribution is -0.116. The van der Waals surface area contributed by atoms with Crippen molar-refractivity contribution in [3.05, 3.63) is 53.9 Å². The van der Waals surface area contributed by atoms with Crippen LogP contribution in [0.1, 0.15) is 18.1 Å². The molecule has 0 fully saturated rings. The zero-order valence-electron chi connectivity index (χ0n) is 13.2. The van der Waals surface area contributed by atoms with Gasteiger partial charge in [-0.1, -0.05) is 12.1 Å². The van der Waals surface area contributed by atoms with E-state index >= 15 is 0 Å². The van der Waals surface area contributed by atoms with E-state index in [0.717, 1.165) is 46.4 Å². The van der Waals surface area contributed by atoms with Gasteiger partial charge in [0.25, 0.3) is 0 Å². The number of carbonyl (C=O) groups excluding carboxylic acids is 1. The van der Waals surface area contributed by atoms with E-state index in [2.05, 4.69) is 41.2 Å². The smallest absolute Gasteiger partial charge is 0.223 e. The van der Waals surface area contributed by atoms with Crippen LogP contribution in [0.4, 0.5) is 5.69 Å². The Bertz CT molecular complexity index is 933. The monoisotopic (exact) mass is 303 g/mol. The number of aryl methyl sites for hydroxylation is 1. The first-order valence-electron chi connectivity index (χ1n) is 7.76. The maximum absolute atomic E-state index is 11.8. The van der Waals surface area contributed by atoms with E-state index in [0.29, 0.717) is 0 Å². The molecule has 0 saturated heterocycles. The summed E-state index contributed by atoms with van der Waals surface area (Å²) in [5.41, 5.74) is 7.33. The molecule has 23 heavy (non-hydrogen) atoms. The molecular weight excluding hydrogens is 286 g/mol. The molecular formula is C19H17N3O. The minimum atomic E-state index is 0.0924. The third-order valence-corrected chi connectivity index (χ3v) is 4.39. The van der Waals surface area contributed by atoms with Crippen molar-refractivity contribution in [3.8, 4) is 11.1 Å². The highest BCUT2D eigenvalue weighted by molar-refractivity contribution is 5.97. The molecule has 0 unspecified atom stereocenters. The summed E-state index contributed by atoms with van der Waals surface area (Å²) in [7, 11) is 0. The Kier molecular flexibility index (Phi) is 3.11. The fourth-order valence-electron chi connectivity index (χ4n) is 3.31. The number of anilines is 1. The molecule has 1 amide bonds. The first-order valence-corrected chi connectivity index (χ1v) is 7.76.